The number of thiocarbonyl (C=S) groups is 1. The summed E-state index contributed by atoms with van der Waals surface area (Å²) in [4.78, 5) is 15.4. The Kier molecular flexibility index (Phi) is 8.73. The van der Waals surface area contributed by atoms with Gasteiger partial charge in [-0.3, -0.25) is 9.69 Å². The second-order valence-electron chi connectivity index (χ2n) is 10.1. The number of hydrogen-bond donors (Lipinski definition) is 0. The third kappa shape index (κ3) is 7.12. The Bertz CT molecular complexity index is 971. The second kappa shape index (κ2) is 11.1. The number of thioether (sulfide) groups is 1. The summed E-state index contributed by atoms with van der Waals surface area (Å²) in [5, 5.41) is 0.0591. The molecule has 6 heteroatoms. The monoisotopic (exact) mass is 497 g/mol. The lowest BCUT2D eigenvalue weighted by Crippen LogP contribution is -2.46. The minimum atomic E-state index is -2.07. The molecule has 0 unspecified atom stereocenters. The van der Waals surface area contributed by atoms with Gasteiger partial charge in [-0.25, -0.2) is 0 Å². The molecule has 176 valence electrons. The van der Waals surface area contributed by atoms with Gasteiger partial charge in [0.1, 0.15) is 4.32 Å². The van der Waals surface area contributed by atoms with Crippen molar-refractivity contribution in [3.63, 3.8) is 0 Å². The van der Waals surface area contributed by atoms with Gasteiger partial charge in [0.15, 0.2) is 8.32 Å². The molecule has 0 bridgehead atoms. The first kappa shape index (κ1) is 25.9. The van der Waals surface area contributed by atoms with Gasteiger partial charge in [0, 0.05) is 5.75 Å². The highest BCUT2D eigenvalue weighted by Gasteiger charge is 2.40. The minimum Gasteiger partial charge on any atom is -0.410 e. The highest BCUT2D eigenvalue weighted by molar-refractivity contribution is 8.23. The Morgan fingerprint density at radius 2 is 1.76 bits per heavy atom. The topological polar surface area (TPSA) is 29.5 Å². The van der Waals surface area contributed by atoms with Gasteiger partial charge in [0.25, 0.3) is 0 Å². The molecule has 33 heavy (non-hydrogen) atoms. The zero-order valence-electron chi connectivity index (χ0n) is 20.3. The fourth-order valence-electron chi connectivity index (χ4n) is 3.56. The lowest BCUT2D eigenvalue weighted by atomic mass is 10.1. The van der Waals surface area contributed by atoms with Crippen LogP contribution in [-0.4, -0.2) is 41.3 Å². The highest BCUT2D eigenvalue weighted by atomic mass is 32.2. The molecule has 1 fully saturated rings. The van der Waals surface area contributed by atoms with Crippen LogP contribution in [0.1, 0.15) is 38.3 Å². The van der Waals surface area contributed by atoms with Gasteiger partial charge in [-0.2, -0.15) is 0 Å². The normalized spacial score (nSPS) is 18.2. The Balaban J connectivity index is 1.78. The van der Waals surface area contributed by atoms with Crippen molar-refractivity contribution in [3.8, 4) is 0 Å². The van der Waals surface area contributed by atoms with Gasteiger partial charge in [0.2, 0.25) is 5.91 Å². The fourth-order valence-corrected chi connectivity index (χ4v) is 6.28. The number of nitrogens with zero attached hydrogens (tertiary/aromatic N) is 1. The highest BCUT2D eigenvalue weighted by Crippen LogP contribution is 2.38. The zero-order chi connectivity index (χ0) is 24.1. The van der Waals surface area contributed by atoms with Crippen LogP contribution < -0.4 is 0 Å². The summed E-state index contributed by atoms with van der Waals surface area (Å²) in [7, 11) is -2.07. The van der Waals surface area contributed by atoms with E-state index >= 15 is 0 Å². The summed E-state index contributed by atoms with van der Waals surface area (Å²) in [5.74, 6) is 0.889. The summed E-state index contributed by atoms with van der Waals surface area (Å²) in [6, 6.07) is 20.6. The minimum absolute atomic E-state index is 0.0485. The Labute approximate surface area is 209 Å². The van der Waals surface area contributed by atoms with E-state index < -0.39 is 8.32 Å². The Hall–Kier alpha value is -1.73. The van der Waals surface area contributed by atoms with Gasteiger partial charge < -0.3 is 4.43 Å². The number of benzene rings is 2. The molecular weight excluding hydrogens is 463 g/mol. The molecule has 1 aliphatic rings. The van der Waals surface area contributed by atoms with Gasteiger partial charge in [-0.05, 0) is 35.7 Å². The van der Waals surface area contributed by atoms with Crippen molar-refractivity contribution < 1.29 is 9.22 Å². The molecular formula is C27H35NO2S2Si. The fraction of sp³-hybridized carbons (Fsp3) is 0.407. The van der Waals surface area contributed by atoms with Gasteiger partial charge in [0.05, 0.1) is 18.6 Å². The second-order valence-corrected chi connectivity index (χ2v) is 16.5. The standard InChI is InChI=1S/C27H35NO2S2Si/c1-27(2,3)33(4,5)30-24(17-16-21-12-8-6-9-13-21)19-25(29)28-23(20-32-26(28)31)18-22-14-10-7-11-15-22/h6-17,23-24H,18-20H2,1-5H3/b17-16+/t23-,24-/m1/s1. The molecule has 0 aliphatic carbocycles. The number of carbonyl (C=O) groups excluding carboxylic acids is 1. The van der Waals surface area contributed by atoms with Crippen LogP contribution >= 0.6 is 24.0 Å². The van der Waals surface area contributed by atoms with Crippen molar-refractivity contribution in [2.75, 3.05) is 5.75 Å². The number of carbonyl (C=O) groups is 1. The molecule has 0 spiro atoms. The first-order chi connectivity index (χ1) is 15.6. The van der Waals surface area contributed by atoms with Crippen molar-refractivity contribution in [1.82, 2.24) is 4.90 Å². The molecule has 0 N–H and O–H groups in total. The van der Waals surface area contributed by atoms with E-state index in [9.17, 15) is 4.79 Å². The number of amides is 1. The van der Waals surface area contributed by atoms with Crippen LogP contribution in [0.25, 0.3) is 6.08 Å². The van der Waals surface area contributed by atoms with Crippen LogP contribution in [0.2, 0.25) is 18.1 Å². The first-order valence-corrected chi connectivity index (χ1v) is 15.8. The molecule has 0 radical (unpaired) electrons. The van der Waals surface area contributed by atoms with E-state index in [2.05, 4.69) is 64.2 Å². The summed E-state index contributed by atoms with van der Waals surface area (Å²) in [6.45, 7) is 11.1. The molecule has 1 aliphatic heterocycles. The summed E-state index contributed by atoms with van der Waals surface area (Å²) >= 11 is 7.19. The lowest BCUT2D eigenvalue weighted by molar-refractivity contribution is -0.129. The summed E-state index contributed by atoms with van der Waals surface area (Å²) < 4.78 is 7.38. The van der Waals surface area contributed by atoms with Crippen molar-refractivity contribution in [1.29, 1.82) is 0 Å². The van der Waals surface area contributed by atoms with Gasteiger partial charge >= 0.3 is 0 Å². The Morgan fingerprint density at radius 3 is 2.36 bits per heavy atom. The molecule has 3 nitrogen and oxygen atoms in total. The van der Waals surface area contributed by atoms with E-state index in [-0.39, 0.29) is 23.1 Å². The van der Waals surface area contributed by atoms with Crippen LogP contribution in [0.3, 0.4) is 0 Å². The molecule has 1 amide bonds. The van der Waals surface area contributed by atoms with E-state index in [1.807, 2.05) is 47.4 Å². The number of hydrogen-bond acceptors (Lipinski definition) is 4. The maximum Gasteiger partial charge on any atom is 0.231 e. The van der Waals surface area contributed by atoms with Crippen molar-refractivity contribution in [2.45, 2.75) is 63.9 Å². The maximum absolute atomic E-state index is 13.5. The predicted molar refractivity (Wildman–Crippen MR) is 148 cm³/mol. The van der Waals surface area contributed by atoms with Crippen LogP contribution in [0.15, 0.2) is 66.7 Å². The molecule has 0 saturated carbocycles. The van der Waals surface area contributed by atoms with E-state index in [0.29, 0.717) is 10.7 Å². The van der Waals surface area contributed by atoms with Crippen LogP contribution in [0, 0.1) is 0 Å². The first-order valence-electron chi connectivity index (χ1n) is 11.5. The van der Waals surface area contributed by atoms with Crippen molar-refractivity contribution >= 4 is 48.6 Å². The number of rotatable bonds is 8. The van der Waals surface area contributed by atoms with Crippen molar-refractivity contribution in [3.05, 3.63) is 77.9 Å². The average molecular weight is 498 g/mol. The average Bonchev–Trinajstić information content (AvgIpc) is 3.12. The molecule has 1 heterocycles. The molecule has 2 atom stereocenters. The predicted octanol–water partition coefficient (Wildman–Crippen LogP) is 6.95. The van der Waals surface area contributed by atoms with E-state index in [1.54, 1.807) is 11.8 Å². The van der Waals surface area contributed by atoms with Crippen LogP contribution in [-0.2, 0) is 15.6 Å². The smallest absolute Gasteiger partial charge is 0.231 e. The van der Waals surface area contributed by atoms with Crippen LogP contribution in [0.4, 0.5) is 0 Å². The third-order valence-electron chi connectivity index (χ3n) is 6.47. The zero-order valence-corrected chi connectivity index (χ0v) is 22.9. The summed E-state index contributed by atoms with van der Waals surface area (Å²) in [5.41, 5.74) is 2.33. The van der Waals surface area contributed by atoms with E-state index in [4.69, 9.17) is 16.6 Å². The molecule has 2 aromatic carbocycles. The maximum atomic E-state index is 13.5. The summed E-state index contributed by atoms with van der Waals surface area (Å²) in [6.07, 6.45) is 4.93. The molecule has 3 rings (SSSR count). The van der Waals surface area contributed by atoms with Crippen molar-refractivity contribution in [2.24, 2.45) is 0 Å². The Morgan fingerprint density at radius 1 is 1.15 bits per heavy atom. The molecule has 0 aromatic heterocycles. The third-order valence-corrected chi connectivity index (χ3v) is 12.5. The van der Waals surface area contributed by atoms with E-state index in [0.717, 1.165) is 17.7 Å². The van der Waals surface area contributed by atoms with Gasteiger partial charge in [-0.15, -0.1) is 0 Å². The van der Waals surface area contributed by atoms with Crippen LogP contribution in [0.5, 0.6) is 0 Å². The largest absolute Gasteiger partial charge is 0.410 e. The quantitative estimate of drug-likeness (QED) is 0.291. The molecule has 2 aromatic rings. The van der Waals surface area contributed by atoms with E-state index in [1.165, 1.54) is 5.56 Å². The molecule has 1 saturated heterocycles. The SMILES string of the molecule is CC(C)(C)[Si](C)(C)O[C@H](/C=C/c1ccccc1)CC(=O)N1C(=S)SC[C@H]1Cc1ccccc1. The lowest BCUT2D eigenvalue weighted by Gasteiger charge is -2.39. The van der Waals surface area contributed by atoms with Gasteiger partial charge in [-0.1, -0.05) is 118 Å².